The molecule has 0 aliphatic carbocycles. The number of esters is 3. The Morgan fingerprint density at radius 1 is 0.364 bits per heavy atom. The van der Waals surface area contributed by atoms with E-state index in [1.54, 1.807) is 0 Å². The summed E-state index contributed by atoms with van der Waals surface area (Å²) in [7, 11) is 0. The molecule has 0 heterocycles. The lowest BCUT2D eigenvalue weighted by Gasteiger charge is -2.18. The van der Waals surface area contributed by atoms with E-state index in [1.165, 1.54) is 141 Å². The highest BCUT2D eigenvalue weighted by molar-refractivity contribution is 5.71. The van der Waals surface area contributed by atoms with Crippen LogP contribution in [0.3, 0.4) is 0 Å². The molecule has 0 saturated carbocycles. The van der Waals surface area contributed by atoms with E-state index in [0.29, 0.717) is 19.3 Å². The van der Waals surface area contributed by atoms with Gasteiger partial charge in [0.15, 0.2) is 6.10 Å². The van der Waals surface area contributed by atoms with Crippen molar-refractivity contribution in [3.8, 4) is 0 Å². The van der Waals surface area contributed by atoms with E-state index in [-0.39, 0.29) is 31.1 Å². The van der Waals surface area contributed by atoms with Crippen molar-refractivity contribution in [3.05, 3.63) is 24.3 Å². The molecular formula is C49H90O6. The zero-order valence-electron chi connectivity index (χ0n) is 36.7. The average Bonchev–Trinajstić information content (AvgIpc) is 3.18. The first kappa shape index (κ1) is 52.9. The van der Waals surface area contributed by atoms with Gasteiger partial charge in [-0.15, -0.1) is 0 Å². The van der Waals surface area contributed by atoms with Crippen LogP contribution in [0.1, 0.15) is 252 Å². The minimum Gasteiger partial charge on any atom is -0.462 e. The number of ether oxygens (including phenoxy) is 3. The number of carbonyl (C=O) groups excluding carboxylic acids is 3. The van der Waals surface area contributed by atoms with Crippen LogP contribution in [0.2, 0.25) is 0 Å². The predicted octanol–water partition coefficient (Wildman–Crippen LogP) is 15.2. The Bertz CT molecular complexity index is 896. The zero-order valence-corrected chi connectivity index (χ0v) is 36.7. The van der Waals surface area contributed by atoms with E-state index in [4.69, 9.17) is 14.2 Å². The molecule has 0 fully saturated rings. The van der Waals surface area contributed by atoms with Crippen LogP contribution in [-0.4, -0.2) is 37.2 Å². The molecule has 0 bridgehead atoms. The molecule has 0 spiro atoms. The van der Waals surface area contributed by atoms with Gasteiger partial charge in [-0.05, 0) is 38.5 Å². The van der Waals surface area contributed by atoms with Crippen LogP contribution in [0, 0.1) is 0 Å². The van der Waals surface area contributed by atoms with E-state index in [0.717, 1.165) is 70.6 Å². The van der Waals surface area contributed by atoms with Crippen LogP contribution in [0.5, 0.6) is 0 Å². The van der Waals surface area contributed by atoms with Gasteiger partial charge in [-0.1, -0.05) is 218 Å². The normalized spacial score (nSPS) is 12.1. The molecule has 0 amide bonds. The SMILES string of the molecule is CCCC/C=C\C=C/CCCCCC(=O)OC(COC(=O)CCCCCCCCCCC)COC(=O)CCCCCCCCCCCCCCCCCCC. The molecule has 0 saturated heterocycles. The summed E-state index contributed by atoms with van der Waals surface area (Å²) in [6.07, 6.45) is 48.8. The molecule has 6 nitrogen and oxygen atoms in total. The Labute approximate surface area is 341 Å². The van der Waals surface area contributed by atoms with Crippen molar-refractivity contribution in [3.63, 3.8) is 0 Å². The Hall–Kier alpha value is -2.11. The number of hydrogen-bond acceptors (Lipinski definition) is 6. The van der Waals surface area contributed by atoms with Gasteiger partial charge in [0.1, 0.15) is 13.2 Å². The minimum absolute atomic E-state index is 0.0780. The Morgan fingerprint density at radius 3 is 1.02 bits per heavy atom. The first-order valence-electron chi connectivity index (χ1n) is 23.9. The van der Waals surface area contributed by atoms with E-state index < -0.39 is 6.10 Å². The monoisotopic (exact) mass is 775 g/mol. The minimum atomic E-state index is -0.776. The van der Waals surface area contributed by atoms with Crippen molar-refractivity contribution in [2.24, 2.45) is 0 Å². The summed E-state index contributed by atoms with van der Waals surface area (Å²) in [6, 6.07) is 0. The van der Waals surface area contributed by atoms with Gasteiger partial charge in [-0.25, -0.2) is 0 Å². The first-order chi connectivity index (χ1) is 27.0. The van der Waals surface area contributed by atoms with Crippen LogP contribution in [0.15, 0.2) is 24.3 Å². The molecule has 322 valence electrons. The van der Waals surface area contributed by atoms with Gasteiger partial charge in [-0.3, -0.25) is 14.4 Å². The smallest absolute Gasteiger partial charge is 0.306 e. The average molecular weight is 775 g/mol. The Balaban J connectivity index is 4.29. The third kappa shape index (κ3) is 42.9. The van der Waals surface area contributed by atoms with Crippen molar-refractivity contribution in [1.29, 1.82) is 0 Å². The van der Waals surface area contributed by atoms with Crippen molar-refractivity contribution in [2.45, 2.75) is 258 Å². The maximum Gasteiger partial charge on any atom is 0.306 e. The number of carbonyl (C=O) groups is 3. The fourth-order valence-corrected chi connectivity index (χ4v) is 6.83. The van der Waals surface area contributed by atoms with Gasteiger partial charge >= 0.3 is 17.9 Å². The summed E-state index contributed by atoms with van der Waals surface area (Å²) in [5.74, 6) is -0.901. The topological polar surface area (TPSA) is 78.9 Å². The molecule has 0 aromatic carbocycles. The molecule has 0 aliphatic heterocycles. The number of allylic oxidation sites excluding steroid dienone is 4. The van der Waals surface area contributed by atoms with Gasteiger partial charge in [-0.2, -0.15) is 0 Å². The quantitative estimate of drug-likeness (QED) is 0.0266. The molecular weight excluding hydrogens is 685 g/mol. The van der Waals surface area contributed by atoms with E-state index >= 15 is 0 Å². The van der Waals surface area contributed by atoms with E-state index in [1.807, 2.05) is 0 Å². The fourth-order valence-electron chi connectivity index (χ4n) is 6.83. The lowest BCUT2D eigenvalue weighted by atomic mass is 10.0. The highest BCUT2D eigenvalue weighted by Crippen LogP contribution is 2.15. The molecule has 0 aromatic heterocycles. The predicted molar refractivity (Wildman–Crippen MR) is 233 cm³/mol. The van der Waals surface area contributed by atoms with Crippen molar-refractivity contribution >= 4 is 17.9 Å². The van der Waals surface area contributed by atoms with Gasteiger partial charge in [0.25, 0.3) is 0 Å². The van der Waals surface area contributed by atoms with Crippen molar-refractivity contribution in [1.82, 2.24) is 0 Å². The molecule has 0 aliphatic rings. The molecule has 6 heteroatoms. The first-order valence-corrected chi connectivity index (χ1v) is 23.9. The van der Waals surface area contributed by atoms with Crippen LogP contribution < -0.4 is 0 Å². The van der Waals surface area contributed by atoms with Crippen LogP contribution in [-0.2, 0) is 28.6 Å². The summed E-state index contributed by atoms with van der Waals surface area (Å²) in [5, 5.41) is 0. The largest absolute Gasteiger partial charge is 0.462 e. The number of hydrogen-bond donors (Lipinski definition) is 0. The van der Waals surface area contributed by atoms with Crippen LogP contribution in [0.4, 0.5) is 0 Å². The van der Waals surface area contributed by atoms with Gasteiger partial charge in [0.2, 0.25) is 0 Å². The second-order valence-corrected chi connectivity index (χ2v) is 16.1. The molecule has 1 atom stereocenters. The summed E-state index contributed by atoms with van der Waals surface area (Å²) in [5.41, 5.74) is 0. The number of rotatable bonds is 43. The van der Waals surface area contributed by atoms with Gasteiger partial charge in [0.05, 0.1) is 0 Å². The molecule has 0 N–H and O–H groups in total. The third-order valence-corrected chi connectivity index (χ3v) is 10.5. The standard InChI is InChI=1S/C49H90O6/c1-4-7-10-13-16-19-21-22-23-24-25-26-28-30-33-36-39-42-48(51)54-45-46(44-53-47(50)41-38-35-32-29-18-15-12-9-6-3)55-49(52)43-40-37-34-31-27-20-17-14-11-8-5-2/h14,17,20,27,46H,4-13,15-16,18-19,21-26,28-45H2,1-3H3/b17-14-,27-20-. The molecule has 0 aromatic rings. The number of unbranched alkanes of at least 4 members (excludes halogenated alkanes) is 29. The van der Waals surface area contributed by atoms with Crippen LogP contribution in [0.25, 0.3) is 0 Å². The summed E-state index contributed by atoms with van der Waals surface area (Å²) >= 11 is 0. The second-order valence-electron chi connectivity index (χ2n) is 16.1. The summed E-state index contributed by atoms with van der Waals surface area (Å²) in [4.78, 5) is 37.7. The molecule has 0 radical (unpaired) electrons. The zero-order chi connectivity index (χ0) is 40.1. The summed E-state index contributed by atoms with van der Waals surface area (Å²) in [6.45, 7) is 6.56. The van der Waals surface area contributed by atoms with Crippen molar-refractivity contribution < 1.29 is 28.6 Å². The Morgan fingerprint density at radius 2 is 0.655 bits per heavy atom. The van der Waals surface area contributed by atoms with E-state index in [2.05, 4.69) is 45.1 Å². The highest BCUT2D eigenvalue weighted by atomic mass is 16.6. The molecule has 55 heavy (non-hydrogen) atoms. The maximum atomic E-state index is 12.7. The van der Waals surface area contributed by atoms with Crippen LogP contribution >= 0.6 is 0 Å². The summed E-state index contributed by atoms with van der Waals surface area (Å²) < 4.78 is 16.7. The van der Waals surface area contributed by atoms with Gasteiger partial charge < -0.3 is 14.2 Å². The lowest BCUT2D eigenvalue weighted by Crippen LogP contribution is -2.30. The molecule has 0 rings (SSSR count). The second kappa shape index (κ2) is 44.6. The fraction of sp³-hybridized carbons (Fsp3) is 0.857. The lowest BCUT2D eigenvalue weighted by molar-refractivity contribution is -0.167. The third-order valence-electron chi connectivity index (χ3n) is 10.5. The van der Waals surface area contributed by atoms with Gasteiger partial charge in [0, 0.05) is 19.3 Å². The molecule has 1 unspecified atom stereocenters. The Kier molecular flexibility index (Phi) is 42.9. The van der Waals surface area contributed by atoms with E-state index in [9.17, 15) is 14.4 Å². The highest BCUT2D eigenvalue weighted by Gasteiger charge is 2.19. The maximum absolute atomic E-state index is 12.7. The van der Waals surface area contributed by atoms with Crippen molar-refractivity contribution in [2.75, 3.05) is 13.2 Å².